The van der Waals surface area contributed by atoms with Crippen LogP contribution in [0.3, 0.4) is 0 Å². The molecule has 2 aromatic carbocycles. The van der Waals surface area contributed by atoms with E-state index in [0.717, 1.165) is 37.2 Å². The van der Waals surface area contributed by atoms with E-state index in [1.807, 2.05) is 6.92 Å². The van der Waals surface area contributed by atoms with Crippen LogP contribution in [0.15, 0.2) is 48.5 Å². The van der Waals surface area contributed by atoms with Crippen LogP contribution in [0.2, 0.25) is 0 Å². The number of nitrogens with zero attached hydrogens (tertiary/aromatic N) is 3. The molecular weight excluding hydrogens is 400 g/mol. The number of aromatic nitrogens is 2. The molecule has 6 nitrogen and oxygen atoms in total. The summed E-state index contributed by atoms with van der Waals surface area (Å²) in [7, 11) is 2.07. The summed E-state index contributed by atoms with van der Waals surface area (Å²) in [5, 5.41) is 10.2. The van der Waals surface area contributed by atoms with Crippen molar-refractivity contribution in [3.63, 3.8) is 0 Å². The number of rotatable bonds is 6. The lowest BCUT2D eigenvalue weighted by atomic mass is 9.74. The average molecular weight is 433 g/mol. The molecule has 32 heavy (non-hydrogen) atoms. The Morgan fingerprint density at radius 1 is 1.19 bits per heavy atom. The SMILES string of the molecule is CCCNC(=O)OC[C@H]1C[C@@H]2CCN1C[C@@H]2c1cc(-c2ccc3ccccc3c2)nn1C. The van der Waals surface area contributed by atoms with Gasteiger partial charge in [0.15, 0.2) is 0 Å². The smallest absolute Gasteiger partial charge is 0.407 e. The first-order chi connectivity index (χ1) is 15.6. The molecule has 168 valence electrons. The lowest BCUT2D eigenvalue weighted by molar-refractivity contribution is -0.00414. The van der Waals surface area contributed by atoms with Crippen LogP contribution in [0.1, 0.15) is 37.8 Å². The summed E-state index contributed by atoms with van der Waals surface area (Å²) in [6.07, 6.45) is 2.89. The summed E-state index contributed by atoms with van der Waals surface area (Å²) in [4.78, 5) is 14.3. The number of aryl methyl sites for hydroxylation is 1. The van der Waals surface area contributed by atoms with Gasteiger partial charge in [0.2, 0.25) is 0 Å². The maximum atomic E-state index is 11.8. The third-order valence-corrected chi connectivity index (χ3v) is 7.15. The quantitative estimate of drug-likeness (QED) is 0.621. The summed E-state index contributed by atoms with van der Waals surface area (Å²) in [5.74, 6) is 1.08. The molecule has 0 spiro atoms. The van der Waals surface area contributed by atoms with Gasteiger partial charge in [-0.2, -0.15) is 5.10 Å². The number of benzene rings is 2. The Kier molecular flexibility index (Phi) is 5.87. The van der Waals surface area contributed by atoms with Gasteiger partial charge in [-0.1, -0.05) is 43.3 Å². The van der Waals surface area contributed by atoms with Crippen molar-refractivity contribution in [1.82, 2.24) is 20.0 Å². The van der Waals surface area contributed by atoms with Crippen molar-refractivity contribution >= 4 is 16.9 Å². The number of nitrogens with one attached hydrogen (secondary N) is 1. The van der Waals surface area contributed by atoms with E-state index in [1.165, 1.54) is 22.9 Å². The van der Waals surface area contributed by atoms with Gasteiger partial charge in [-0.05, 0) is 54.6 Å². The highest BCUT2D eigenvalue weighted by molar-refractivity contribution is 5.86. The number of carbonyl (C=O) groups is 1. The molecule has 3 saturated heterocycles. The van der Waals surface area contributed by atoms with Crippen molar-refractivity contribution in [1.29, 1.82) is 0 Å². The molecule has 4 heterocycles. The molecule has 0 aliphatic carbocycles. The highest BCUT2D eigenvalue weighted by Crippen LogP contribution is 2.42. The minimum Gasteiger partial charge on any atom is -0.448 e. The zero-order valence-electron chi connectivity index (χ0n) is 19.0. The molecule has 3 aromatic rings. The molecular formula is C26H32N4O2. The summed E-state index contributed by atoms with van der Waals surface area (Å²) in [6, 6.07) is 17.6. The van der Waals surface area contributed by atoms with Gasteiger partial charge in [0.25, 0.3) is 0 Å². The predicted octanol–water partition coefficient (Wildman–Crippen LogP) is 4.55. The number of alkyl carbamates (subject to hydrolysis) is 1. The molecule has 0 saturated carbocycles. The predicted molar refractivity (Wildman–Crippen MR) is 127 cm³/mol. The second-order valence-corrected chi connectivity index (χ2v) is 9.20. The van der Waals surface area contributed by atoms with Gasteiger partial charge in [0, 0.05) is 43.4 Å². The Morgan fingerprint density at radius 3 is 2.81 bits per heavy atom. The van der Waals surface area contributed by atoms with E-state index in [1.54, 1.807) is 0 Å². The van der Waals surface area contributed by atoms with Gasteiger partial charge in [-0.15, -0.1) is 0 Å². The molecule has 1 unspecified atom stereocenters. The number of fused-ring (bicyclic) bond motifs is 4. The molecule has 3 aliphatic heterocycles. The van der Waals surface area contributed by atoms with Gasteiger partial charge in [-0.3, -0.25) is 9.58 Å². The van der Waals surface area contributed by atoms with E-state index in [4.69, 9.17) is 9.84 Å². The fourth-order valence-electron chi connectivity index (χ4n) is 5.42. The number of carbonyl (C=O) groups excluding carboxylic acids is 1. The Morgan fingerprint density at radius 2 is 2.03 bits per heavy atom. The largest absolute Gasteiger partial charge is 0.448 e. The fourth-order valence-corrected chi connectivity index (χ4v) is 5.42. The van der Waals surface area contributed by atoms with E-state index in [2.05, 4.69) is 70.5 Å². The molecule has 1 amide bonds. The molecule has 6 heteroatoms. The van der Waals surface area contributed by atoms with Gasteiger partial charge < -0.3 is 10.1 Å². The van der Waals surface area contributed by atoms with Crippen LogP contribution in [0, 0.1) is 5.92 Å². The Bertz CT molecular complexity index is 1110. The molecule has 6 rings (SSSR count). The summed E-state index contributed by atoms with van der Waals surface area (Å²) >= 11 is 0. The maximum Gasteiger partial charge on any atom is 0.407 e. The number of amides is 1. The summed E-state index contributed by atoms with van der Waals surface area (Å²) in [6.45, 7) is 5.27. The van der Waals surface area contributed by atoms with E-state index in [0.29, 0.717) is 31.0 Å². The molecule has 1 aromatic heterocycles. The van der Waals surface area contributed by atoms with Gasteiger partial charge in [-0.25, -0.2) is 4.79 Å². The first-order valence-corrected chi connectivity index (χ1v) is 11.8. The first-order valence-electron chi connectivity index (χ1n) is 11.8. The number of piperidine rings is 3. The zero-order valence-corrected chi connectivity index (χ0v) is 19.0. The normalized spacial score (nSPS) is 24.6. The third-order valence-electron chi connectivity index (χ3n) is 7.15. The Hall–Kier alpha value is -2.86. The zero-order chi connectivity index (χ0) is 22.1. The molecule has 0 radical (unpaired) electrons. The van der Waals surface area contributed by atoms with Crippen LogP contribution in [-0.2, 0) is 11.8 Å². The number of ether oxygens (including phenoxy) is 1. The van der Waals surface area contributed by atoms with Gasteiger partial charge in [0.05, 0.1) is 5.69 Å². The van der Waals surface area contributed by atoms with Crippen LogP contribution < -0.4 is 5.32 Å². The number of hydrogen-bond acceptors (Lipinski definition) is 4. The van der Waals surface area contributed by atoms with E-state index in [9.17, 15) is 4.79 Å². The van der Waals surface area contributed by atoms with Crippen molar-refractivity contribution in [2.75, 3.05) is 26.2 Å². The second kappa shape index (κ2) is 8.94. The van der Waals surface area contributed by atoms with Crippen molar-refractivity contribution < 1.29 is 9.53 Å². The minimum atomic E-state index is -0.294. The minimum absolute atomic E-state index is 0.294. The summed E-state index contributed by atoms with van der Waals surface area (Å²) in [5.41, 5.74) is 3.51. The molecule has 1 N–H and O–H groups in total. The molecule has 2 bridgehead atoms. The Balaban J connectivity index is 1.29. The monoisotopic (exact) mass is 432 g/mol. The highest BCUT2D eigenvalue weighted by Gasteiger charge is 2.42. The number of hydrogen-bond donors (Lipinski definition) is 1. The van der Waals surface area contributed by atoms with E-state index < -0.39 is 0 Å². The van der Waals surface area contributed by atoms with Crippen LogP contribution in [0.5, 0.6) is 0 Å². The molecule has 3 aliphatic rings. The molecule has 4 atom stereocenters. The van der Waals surface area contributed by atoms with Crippen molar-refractivity contribution in [2.45, 2.75) is 38.1 Å². The first kappa shape index (κ1) is 21.0. The van der Waals surface area contributed by atoms with Crippen molar-refractivity contribution in [3.05, 3.63) is 54.2 Å². The van der Waals surface area contributed by atoms with Crippen LogP contribution in [-0.4, -0.2) is 53.1 Å². The van der Waals surface area contributed by atoms with Crippen LogP contribution >= 0.6 is 0 Å². The summed E-state index contributed by atoms with van der Waals surface area (Å²) < 4.78 is 7.56. The van der Waals surface area contributed by atoms with Crippen LogP contribution in [0.4, 0.5) is 4.79 Å². The molecule has 3 fully saturated rings. The second-order valence-electron chi connectivity index (χ2n) is 9.20. The standard InChI is InChI=1S/C26H32N4O2/c1-3-11-27-26(31)32-17-22-14-20-10-12-30(22)16-23(20)25-15-24(28-29(25)2)21-9-8-18-6-4-5-7-19(18)13-21/h4-9,13,15,20,22-23H,3,10-12,14,16-17H2,1-2H3,(H,27,31)/t20-,22+,23-/m0/s1. The fraction of sp³-hybridized carbons (Fsp3) is 0.462. The average Bonchev–Trinajstić information content (AvgIpc) is 3.22. The van der Waals surface area contributed by atoms with Crippen LogP contribution in [0.25, 0.3) is 22.0 Å². The maximum absolute atomic E-state index is 11.8. The highest BCUT2D eigenvalue weighted by atomic mass is 16.5. The van der Waals surface area contributed by atoms with E-state index in [-0.39, 0.29) is 6.09 Å². The Labute approximate surface area is 189 Å². The van der Waals surface area contributed by atoms with Gasteiger partial charge in [0.1, 0.15) is 6.61 Å². The van der Waals surface area contributed by atoms with Gasteiger partial charge >= 0.3 is 6.09 Å². The lowest BCUT2D eigenvalue weighted by Gasteiger charge is -2.49. The van der Waals surface area contributed by atoms with Crippen molar-refractivity contribution in [2.24, 2.45) is 13.0 Å². The lowest BCUT2D eigenvalue weighted by Crippen LogP contribution is -2.54. The van der Waals surface area contributed by atoms with Crippen molar-refractivity contribution in [3.8, 4) is 11.3 Å². The topological polar surface area (TPSA) is 59.4 Å². The van der Waals surface area contributed by atoms with E-state index >= 15 is 0 Å². The third kappa shape index (κ3) is 4.11.